The van der Waals surface area contributed by atoms with Gasteiger partial charge in [-0.1, -0.05) is 38.7 Å². The zero-order valence-electron chi connectivity index (χ0n) is 9.87. The molecule has 0 bridgehead atoms. The number of unbranched alkanes of at least 4 members (excludes halogenated alkanes) is 7. The van der Waals surface area contributed by atoms with Gasteiger partial charge in [0.15, 0.2) is 0 Å². The third-order valence-electron chi connectivity index (χ3n) is 2.57. The first-order chi connectivity index (χ1) is 7.68. The zero-order valence-corrected chi connectivity index (χ0v) is 9.87. The lowest BCUT2D eigenvalue weighted by Gasteiger charge is -2.01. The van der Waals surface area contributed by atoms with E-state index in [1.165, 1.54) is 12.8 Å². The van der Waals surface area contributed by atoms with Gasteiger partial charge >= 0.3 is 5.97 Å². The summed E-state index contributed by atoms with van der Waals surface area (Å²) in [5, 5.41) is 16.9. The van der Waals surface area contributed by atoms with Gasteiger partial charge in [0.1, 0.15) is 0 Å². The molecular formula is C13H21NO2. The van der Waals surface area contributed by atoms with Crippen molar-refractivity contribution in [2.75, 3.05) is 0 Å². The van der Waals surface area contributed by atoms with Crippen molar-refractivity contribution in [1.29, 1.82) is 5.26 Å². The van der Waals surface area contributed by atoms with Crippen LogP contribution in [0, 0.1) is 11.3 Å². The highest BCUT2D eigenvalue weighted by Crippen LogP contribution is 2.11. The van der Waals surface area contributed by atoms with Crippen molar-refractivity contribution in [1.82, 2.24) is 0 Å². The number of rotatable bonds is 10. The smallest absolute Gasteiger partial charge is 0.330 e. The number of carbonyl (C=O) groups is 1. The van der Waals surface area contributed by atoms with Crippen molar-refractivity contribution < 1.29 is 9.90 Å². The molecule has 0 aromatic heterocycles. The summed E-state index contributed by atoms with van der Waals surface area (Å²) < 4.78 is 0. The van der Waals surface area contributed by atoms with Gasteiger partial charge in [0.05, 0.1) is 6.07 Å². The number of nitriles is 1. The van der Waals surface area contributed by atoms with Gasteiger partial charge in [-0.25, -0.2) is 4.79 Å². The van der Waals surface area contributed by atoms with Crippen LogP contribution < -0.4 is 0 Å². The van der Waals surface area contributed by atoms with Gasteiger partial charge in [-0.2, -0.15) is 5.26 Å². The van der Waals surface area contributed by atoms with Crippen molar-refractivity contribution in [2.45, 2.75) is 57.8 Å². The van der Waals surface area contributed by atoms with E-state index in [-0.39, 0.29) is 0 Å². The molecule has 0 fully saturated rings. The van der Waals surface area contributed by atoms with Gasteiger partial charge in [0.2, 0.25) is 0 Å². The lowest BCUT2D eigenvalue weighted by atomic mass is 10.1. The molecule has 0 aliphatic rings. The Bertz CT molecular complexity index is 253. The van der Waals surface area contributed by atoms with Crippen LogP contribution >= 0.6 is 0 Å². The van der Waals surface area contributed by atoms with Crippen LogP contribution in [0.15, 0.2) is 12.2 Å². The lowest BCUT2D eigenvalue weighted by Crippen LogP contribution is -1.98. The van der Waals surface area contributed by atoms with Crippen molar-refractivity contribution in [2.24, 2.45) is 0 Å². The molecule has 0 heterocycles. The number of carboxylic acids is 1. The molecule has 0 saturated carbocycles. The number of aliphatic carboxylic acids is 1. The topological polar surface area (TPSA) is 61.1 Å². The molecule has 0 aromatic rings. The number of hydrogen-bond donors (Lipinski definition) is 1. The summed E-state index contributed by atoms with van der Waals surface area (Å²) in [7, 11) is 0. The third-order valence-corrected chi connectivity index (χ3v) is 2.57. The summed E-state index contributed by atoms with van der Waals surface area (Å²) in [6, 6.07) is 2.14. The molecule has 0 aliphatic carbocycles. The van der Waals surface area contributed by atoms with E-state index in [1.807, 2.05) is 0 Å². The number of carboxylic acid groups (broad SMARTS) is 1. The van der Waals surface area contributed by atoms with E-state index in [4.69, 9.17) is 10.4 Å². The molecule has 16 heavy (non-hydrogen) atoms. The van der Waals surface area contributed by atoms with Crippen LogP contribution in [0.4, 0.5) is 0 Å². The molecule has 0 aliphatic heterocycles. The van der Waals surface area contributed by atoms with Gasteiger partial charge < -0.3 is 5.11 Å². The summed E-state index contributed by atoms with van der Waals surface area (Å²) in [4.78, 5) is 10.4. The largest absolute Gasteiger partial charge is 0.478 e. The van der Waals surface area contributed by atoms with E-state index in [2.05, 4.69) is 12.6 Å². The fourth-order valence-corrected chi connectivity index (χ4v) is 1.53. The molecule has 0 unspecified atom stereocenters. The van der Waals surface area contributed by atoms with Crippen molar-refractivity contribution in [3.8, 4) is 6.07 Å². The van der Waals surface area contributed by atoms with E-state index < -0.39 is 5.97 Å². The van der Waals surface area contributed by atoms with Gasteiger partial charge in [0.25, 0.3) is 0 Å². The maximum absolute atomic E-state index is 10.4. The molecule has 0 radical (unpaired) electrons. The van der Waals surface area contributed by atoms with Gasteiger partial charge in [-0.3, -0.25) is 0 Å². The molecule has 1 N–H and O–H groups in total. The number of nitrogens with zero attached hydrogens (tertiary/aromatic N) is 1. The van der Waals surface area contributed by atoms with Gasteiger partial charge in [-0.15, -0.1) is 0 Å². The monoisotopic (exact) mass is 223 g/mol. The first kappa shape index (κ1) is 14.7. The van der Waals surface area contributed by atoms with Crippen LogP contribution in [-0.2, 0) is 4.79 Å². The van der Waals surface area contributed by atoms with E-state index in [1.54, 1.807) is 0 Å². The second-order valence-corrected chi connectivity index (χ2v) is 4.04. The molecule has 0 aromatic carbocycles. The summed E-state index contributed by atoms with van der Waals surface area (Å²) >= 11 is 0. The molecule has 0 amide bonds. The Balaban J connectivity index is 3.13. The second-order valence-electron chi connectivity index (χ2n) is 4.04. The van der Waals surface area contributed by atoms with Gasteiger partial charge in [-0.05, 0) is 19.3 Å². The van der Waals surface area contributed by atoms with E-state index in [0.717, 1.165) is 32.1 Å². The molecule has 0 spiro atoms. The minimum Gasteiger partial charge on any atom is -0.478 e. The molecule has 3 nitrogen and oxygen atoms in total. The highest BCUT2D eigenvalue weighted by atomic mass is 16.4. The molecule has 0 rings (SSSR count). The Hall–Kier alpha value is -1.30. The quantitative estimate of drug-likeness (QED) is 0.454. The Labute approximate surface area is 97.8 Å². The fraction of sp³-hybridized carbons (Fsp3) is 0.692. The summed E-state index contributed by atoms with van der Waals surface area (Å²) in [6.07, 6.45) is 8.92. The van der Waals surface area contributed by atoms with E-state index >= 15 is 0 Å². The van der Waals surface area contributed by atoms with Gasteiger partial charge in [0, 0.05) is 12.0 Å². The average Bonchev–Trinajstić information content (AvgIpc) is 2.26. The highest BCUT2D eigenvalue weighted by molar-refractivity contribution is 5.85. The Morgan fingerprint density at radius 3 is 2.06 bits per heavy atom. The fourth-order valence-electron chi connectivity index (χ4n) is 1.53. The number of hydrogen-bond acceptors (Lipinski definition) is 2. The predicted molar refractivity (Wildman–Crippen MR) is 63.9 cm³/mol. The summed E-state index contributed by atoms with van der Waals surface area (Å²) in [6.45, 7) is 3.49. The van der Waals surface area contributed by atoms with Crippen LogP contribution in [-0.4, -0.2) is 11.1 Å². The zero-order chi connectivity index (χ0) is 12.2. The van der Waals surface area contributed by atoms with Crippen LogP contribution in [0.1, 0.15) is 57.8 Å². The van der Waals surface area contributed by atoms with Crippen LogP contribution in [0.25, 0.3) is 0 Å². The van der Waals surface area contributed by atoms with Crippen molar-refractivity contribution in [3.05, 3.63) is 12.2 Å². The second kappa shape index (κ2) is 10.2. The third kappa shape index (κ3) is 9.26. The lowest BCUT2D eigenvalue weighted by molar-refractivity contribution is -0.132. The standard InChI is InChI=1S/C13H21NO2/c1-12(13(15)16)10-8-6-4-2-3-5-7-9-11-14/h1-10H2,(H,15,16). The average molecular weight is 223 g/mol. The molecule has 90 valence electrons. The van der Waals surface area contributed by atoms with Crippen molar-refractivity contribution >= 4 is 5.97 Å². The Morgan fingerprint density at radius 2 is 1.56 bits per heavy atom. The van der Waals surface area contributed by atoms with Crippen LogP contribution in [0.5, 0.6) is 0 Å². The SMILES string of the molecule is C=C(CCCCCCCCCC#N)C(=O)O. The normalized spacial score (nSPS) is 9.69. The van der Waals surface area contributed by atoms with E-state index in [9.17, 15) is 4.79 Å². The van der Waals surface area contributed by atoms with Crippen molar-refractivity contribution in [3.63, 3.8) is 0 Å². The van der Waals surface area contributed by atoms with Crippen LogP contribution in [0.3, 0.4) is 0 Å². The first-order valence-electron chi connectivity index (χ1n) is 5.96. The Kier molecular flexibility index (Phi) is 9.39. The van der Waals surface area contributed by atoms with Crippen LogP contribution in [0.2, 0.25) is 0 Å². The highest BCUT2D eigenvalue weighted by Gasteiger charge is 2.02. The maximum Gasteiger partial charge on any atom is 0.330 e. The summed E-state index contributed by atoms with van der Waals surface area (Å²) in [5.41, 5.74) is 0.314. The molecular weight excluding hydrogens is 202 g/mol. The van der Waals surface area contributed by atoms with E-state index in [0.29, 0.717) is 18.4 Å². The summed E-state index contributed by atoms with van der Waals surface area (Å²) in [5.74, 6) is -0.878. The minimum absolute atomic E-state index is 0.314. The molecule has 0 saturated heterocycles. The minimum atomic E-state index is -0.878. The first-order valence-corrected chi connectivity index (χ1v) is 5.96. The Morgan fingerprint density at radius 1 is 1.06 bits per heavy atom. The molecule has 0 atom stereocenters. The maximum atomic E-state index is 10.4. The predicted octanol–water partition coefficient (Wildman–Crippen LogP) is 3.66. The molecule has 3 heteroatoms.